The molecule has 0 aromatic heterocycles. The summed E-state index contributed by atoms with van der Waals surface area (Å²) in [5.74, 6) is 0.908. The third-order valence-corrected chi connectivity index (χ3v) is 8.43. The first kappa shape index (κ1) is 28.9. The first-order valence-electron chi connectivity index (χ1n) is 13.8. The molecule has 4 amide bonds. The van der Waals surface area contributed by atoms with Crippen molar-refractivity contribution in [1.29, 1.82) is 0 Å². The third-order valence-electron chi connectivity index (χ3n) is 8.43. The van der Waals surface area contributed by atoms with Gasteiger partial charge >= 0.3 is 6.03 Å². The molecule has 2 aliphatic heterocycles. The van der Waals surface area contributed by atoms with Gasteiger partial charge in [-0.15, -0.1) is 12.4 Å². The van der Waals surface area contributed by atoms with Gasteiger partial charge in [-0.2, -0.15) is 0 Å². The van der Waals surface area contributed by atoms with Crippen LogP contribution in [-0.4, -0.2) is 59.9 Å². The van der Waals surface area contributed by atoms with Crippen LogP contribution in [0.1, 0.15) is 62.1 Å². The zero-order valence-corrected chi connectivity index (χ0v) is 23.4. The molecule has 2 heterocycles. The van der Waals surface area contributed by atoms with E-state index in [9.17, 15) is 14.4 Å². The summed E-state index contributed by atoms with van der Waals surface area (Å²) in [5, 5.41) is 6.33. The van der Waals surface area contributed by atoms with Crippen molar-refractivity contribution in [3.63, 3.8) is 0 Å². The van der Waals surface area contributed by atoms with E-state index in [-0.39, 0.29) is 48.8 Å². The lowest BCUT2D eigenvalue weighted by Crippen LogP contribution is -2.55. The number of carbonyl (C=O) groups excluding carboxylic acids is 3. The molecule has 0 unspecified atom stereocenters. The maximum Gasteiger partial charge on any atom is 0.325 e. The highest BCUT2D eigenvalue weighted by Gasteiger charge is 2.52. The normalized spacial score (nSPS) is 20.0. The Labute approximate surface area is 236 Å². The third kappa shape index (κ3) is 6.56. The minimum atomic E-state index is -0.824. The Kier molecular flexibility index (Phi) is 9.51. The van der Waals surface area contributed by atoms with E-state index in [1.54, 1.807) is 7.11 Å². The number of piperidine rings is 1. The highest BCUT2D eigenvalue weighted by atomic mass is 35.5. The van der Waals surface area contributed by atoms with Crippen molar-refractivity contribution in [2.45, 2.75) is 63.1 Å². The zero-order valence-electron chi connectivity index (χ0n) is 22.6. The van der Waals surface area contributed by atoms with Gasteiger partial charge in [0, 0.05) is 25.6 Å². The van der Waals surface area contributed by atoms with Gasteiger partial charge in [-0.1, -0.05) is 55.3 Å². The van der Waals surface area contributed by atoms with Crippen molar-refractivity contribution in [3.8, 4) is 5.75 Å². The number of rotatable bonds is 9. The summed E-state index contributed by atoms with van der Waals surface area (Å²) in [4.78, 5) is 42.7. The van der Waals surface area contributed by atoms with Crippen molar-refractivity contribution in [2.24, 2.45) is 5.92 Å². The fourth-order valence-corrected chi connectivity index (χ4v) is 6.03. The standard InChI is InChI=1S/C30H38N4O4.ClH/c1-38-25-13-11-22(12-14-25)21-34-28(36)30(32-29(34)37)16-19-33(20-17-30)18-15-26(23-7-3-2-4-8-23)31-27(35)24-9-5-6-10-24;/h2-4,7-8,11-14,24,26H,5-6,9-10,15-21H2,1H3,(H,31,35)(H,32,37);1H/t26-;/m0./s1. The predicted molar refractivity (Wildman–Crippen MR) is 152 cm³/mol. The Morgan fingerprint density at radius 1 is 1.05 bits per heavy atom. The second-order valence-electron chi connectivity index (χ2n) is 10.8. The maximum atomic E-state index is 13.4. The van der Waals surface area contributed by atoms with Crippen molar-refractivity contribution >= 4 is 30.3 Å². The van der Waals surface area contributed by atoms with Crippen LogP contribution in [0.25, 0.3) is 0 Å². The molecule has 1 spiro atoms. The summed E-state index contributed by atoms with van der Waals surface area (Å²) in [7, 11) is 1.61. The van der Waals surface area contributed by atoms with E-state index in [2.05, 4.69) is 27.7 Å². The molecular formula is C30H39ClN4O4. The van der Waals surface area contributed by atoms with Gasteiger partial charge in [-0.25, -0.2) is 4.79 Å². The highest BCUT2D eigenvalue weighted by molar-refractivity contribution is 6.07. The summed E-state index contributed by atoms with van der Waals surface area (Å²) in [6, 6.07) is 17.2. The smallest absolute Gasteiger partial charge is 0.325 e. The van der Waals surface area contributed by atoms with E-state index in [1.165, 1.54) is 4.90 Å². The van der Waals surface area contributed by atoms with Crippen molar-refractivity contribution in [3.05, 3.63) is 65.7 Å². The Bertz CT molecular complexity index is 1130. The van der Waals surface area contributed by atoms with E-state index in [1.807, 2.05) is 42.5 Å². The molecule has 3 fully saturated rings. The van der Waals surface area contributed by atoms with Gasteiger partial charge in [0.15, 0.2) is 0 Å². The number of hydrogen-bond acceptors (Lipinski definition) is 5. The number of hydrogen-bond donors (Lipinski definition) is 2. The van der Waals surface area contributed by atoms with E-state index in [0.717, 1.165) is 68.6 Å². The van der Waals surface area contributed by atoms with Crippen molar-refractivity contribution < 1.29 is 19.1 Å². The Morgan fingerprint density at radius 3 is 2.36 bits per heavy atom. The van der Waals surface area contributed by atoms with Crippen LogP contribution >= 0.6 is 12.4 Å². The Balaban J connectivity index is 0.00000353. The number of halogens is 1. The topological polar surface area (TPSA) is 91.0 Å². The monoisotopic (exact) mass is 554 g/mol. The molecule has 9 heteroatoms. The van der Waals surface area contributed by atoms with Crippen LogP contribution in [0, 0.1) is 5.92 Å². The van der Waals surface area contributed by atoms with Crippen LogP contribution in [-0.2, 0) is 16.1 Å². The number of nitrogens with one attached hydrogen (secondary N) is 2. The summed E-state index contributed by atoms with van der Waals surface area (Å²) in [6.45, 7) is 2.51. The first-order valence-corrected chi connectivity index (χ1v) is 13.8. The van der Waals surface area contributed by atoms with Gasteiger partial charge in [0.2, 0.25) is 5.91 Å². The highest BCUT2D eigenvalue weighted by Crippen LogP contribution is 2.32. The van der Waals surface area contributed by atoms with Gasteiger partial charge in [0.05, 0.1) is 19.7 Å². The number of likely N-dealkylation sites (tertiary alicyclic amines) is 1. The maximum absolute atomic E-state index is 13.4. The fraction of sp³-hybridized carbons (Fsp3) is 0.500. The Hall–Kier alpha value is -3.10. The minimum absolute atomic E-state index is 0. The van der Waals surface area contributed by atoms with E-state index >= 15 is 0 Å². The van der Waals surface area contributed by atoms with Crippen LogP contribution in [0.15, 0.2) is 54.6 Å². The molecule has 5 rings (SSSR count). The molecule has 2 aromatic carbocycles. The molecule has 0 bridgehead atoms. The first-order chi connectivity index (χ1) is 18.5. The molecule has 1 saturated carbocycles. The number of imide groups is 1. The number of benzene rings is 2. The SMILES string of the molecule is COc1ccc(CN2C(=O)NC3(CCN(CC[C@H](NC(=O)C4CCCC4)c4ccccc4)CC3)C2=O)cc1.Cl. The Morgan fingerprint density at radius 2 is 1.72 bits per heavy atom. The zero-order chi connectivity index (χ0) is 26.5. The van der Waals surface area contributed by atoms with E-state index in [0.29, 0.717) is 12.8 Å². The van der Waals surface area contributed by atoms with Gasteiger partial charge in [-0.3, -0.25) is 14.5 Å². The molecule has 0 radical (unpaired) electrons. The number of nitrogens with zero attached hydrogens (tertiary/aromatic N) is 2. The summed E-state index contributed by atoms with van der Waals surface area (Å²) < 4.78 is 5.20. The van der Waals surface area contributed by atoms with Crippen molar-refractivity contribution in [1.82, 2.24) is 20.4 Å². The van der Waals surface area contributed by atoms with Gasteiger partial charge in [0.1, 0.15) is 11.3 Å². The molecule has 3 aliphatic rings. The molecule has 210 valence electrons. The van der Waals surface area contributed by atoms with Crippen LogP contribution < -0.4 is 15.4 Å². The summed E-state index contributed by atoms with van der Waals surface area (Å²) in [5.41, 5.74) is 1.19. The molecule has 1 atom stereocenters. The van der Waals surface area contributed by atoms with Crippen LogP contribution in [0.5, 0.6) is 5.75 Å². The molecular weight excluding hydrogens is 516 g/mol. The average molecular weight is 555 g/mol. The number of methoxy groups -OCH3 is 1. The van der Waals surface area contributed by atoms with Gasteiger partial charge < -0.3 is 20.3 Å². The number of carbonyl (C=O) groups is 3. The van der Waals surface area contributed by atoms with Crippen LogP contribution in [0.2, 0.25) is 0 Å². The second-order valence-corrected chi connectivity index (χ2v) is 10.8. The molecule has 8 nitrogen and oxygen atoms in total. The average Bonchev–Trinajstić information content (AvgIpc) is 3.57. The lowest BCUT2D eigenvalue weighted by Gasteiger charge is -2.38. The lowest BCUT2D eigenvalue weighted by atomic mass is 9.87. The quantitative estimate of drug-likeness (QED) is 0.447. The number of ether oxygens (including phenoxy) is 1. The second kappa shape index (κ2) is 12.8. The molecule has 2 saturated heterocycles. The largest absolute Gasteiger partial charge is 0.497 e. The predicted octanol–water partition coefficient (Wildman–Crippen LogP) is 4.44. The fourth-order valence-electron chi connectivity index (χ4n) is 6.03. The van der Waals surface area contributed by atoms with E-state index < -0.39 is 5.54 Å². The van der Waals surface area contributed by atoms with Gasteiger partial charge in [0.25, 0.3) is 5.91 Å². The molecule has 39 heavy (non-hydrogen) atoms. The lowest BCUT2D eigenvalue weighted by molar-refractivity contribution is -0.133. The summed E-state index contributed by atoms with van der Waals surface area (Å²) >= 11 is 0. The van der Waals surface area contributed by atoms with Crippen LogP contribution in [0.4, 0.5) is 4.79 Å². The van der Waals surface area contributed by atoms with E-state index in [4.69, 9.17) is 4.74 Å². The summed E-state index contributed by atoms with van der Waals surface area (Å²) in [6.07, 6.45) is 6.21. The number of amides is 4. The van der Waals surface area contributed by atoms with Crippen LogP contribution in [0.3, 0.4) is 0 Å². The van der Waals surface area contributed by atoms with Gasteiger partial charge in [-0.05, 0) is 55.4 Å². The number of urea groups is 1. The molecule has 1 aliphatic carbocycles. The minimum Gasteiger partial charge on any atom is -0.497 e. The molecule has 2 N–H and O–H groups in total. The molecule has 2 aromatic rings. The van der Waals surface area contributed by atoms with Crippen molar-refractivity contribution in [2.75, 3.05) is 26.7 Å².